The average Bonchev–Trinajstić information content (AvgIpc) is 2.80. The van der Waals surface area contributed by atoms with Gasteiger partial charge in [0.2, 0.25) is 0 Å². The number of methoxy groups -OCH3 is 1. The first kappa shape index (κ1) is 14.6. The van der Waals surface area contributed by atoms with Gasteiger partial charge in [-0.1, -0.05) is 6.07 Å². The highest BCUT2D eigenvalue weighted by Crippen LogP contribution is 2.20. The van der Waals surface area contributed by atoms with E-state index < -0.39 is 10.0 Å². The van der Waals surface area contributed by atoms with Gasteiger partial charge in [-0.2, -0.15) is 0 Å². The Balaban J connectivity index is 2.60. The van der Waals surface area contributed by atoms with Crippen LogP contribution in [-0.2, 0) is 21.3 Å². The van der Waals surface area contributed by atoms with Gasteiger partial charge in [0.25, 0.3) is 15.2 Å². The summed E-state index contributed by atoms with van der Waals surface area (Å²) >= 11 is 0. The van der Waals surface area contributed by atoms with E-state index >= 15 is 0 Å². The molecule has 0 spiro atoms. The molecule has 0 bridgehead atoms. The number of rotatable bonds is 5. The Labute approximate surface area is 116 Å². The molecule has 0 saturated carbocycles. The summed E-state index contributed by atoms with van der Waals surface area (Å²) in [7, 11) is -2.44. The van der Waals surface area contributed by atoms with E-state index in [1.807, 2.05) is 13.0 Å². The van der Waals surface area contributed by atoms with Crippen LogP contribution in [0.3, 0.4) is 0 Å². The zero-order chi connectivity index (χ0) is 14.8. The van der Waals surface area contributed by atoms with Crippen molar-refractivity contribution in [2.24, 2.45) is 5.14 Å². The molecule has 9 heteroatoms. The van der Waals surface area contributed by atoms with Crippen molar-refractivity contribution in [1.29, 1.82) is 0 Å². The maximum atomic E-state index is 11.5. The minimum atomic E-state index is -3.96. The molecule has 0 amide bonds. The molecular formula is C11H15N5O3S. The van der Waals surface area contributed by atoms with Gasteiger partial charge in [-0.25, -0.2) is 13.6 Å². The van der Waals surface area contributed by atoms with Crippen LogP contribution in [0.25, 0.3) is 11.5 Å². The van der Waals surface area contributed by atoms with Gasteiger partial charge >= 0.3 is 0 Å². The molecule has 20 heavy (non-hydrogen) atoms. The number of ether oxygens (including phenoxy) is 1. The highest BCUT2D eigenvalue weighted by Gasteiger charge is 2.23. The number of nitrogens with two attached hydrogens (primary N) is 1. The second-order valence-corrected chi connectivity index (χ2v) is 5.62. The molecule has 0 aromatic carbocycles. The van der Waals surface area contributed by atoms with Crippen molar-refractivity contribution in [2.45, 2.75) is 18.6 Å². The van der Waals surface area contributed by atoms with Crippen molar-refractivity contribution < 1.29 is 13.2 Å². The minimum absolute atomic E-state index is 0.264. The Morgan fingerprint density at radius 3 is 2.75 bits per heavy atom. The molecule has 0 fully saturated rings. The zero-order valence-electron chi connectivity index (χ0n) is 11.1. The first-order valence-electron chi connectivity index (χ1n) is 5.82. The number of hydrogen-bond acceptors (Lipinski definition) is 6. The Morgan fingerprint density at radius 1 is 1.40 bits per heavy atom. The number of nitrogens with zero attached hydrogens (tertiary/aromatic N) is 4. The molecular weight excluding hydrogens is 282 g/mol. The van der Waals surface area contributed by atoms with Crippen LogP contribution in [0.15, 0.2) is 23.5 Å². The highest BCUT2D eigenvalue weighted by molar-refractivity contribution is 7.89. The van der Waals surface area contributed by atoms with E-state index in [1.165, 1.54) is 11.7 Å². The van der Waals surface area contributed by atoms with Crippen LogP contribution < -0.4 is 5.14 Å². The Bertz CT molecular complexity index is 711. The Kier molecular flexibility index (Phi) is 4.12. The van der Waals surface area contributed by atoms with Crippen LogP contribution in [0, 0.1) is 6.92 Å². The molecule has 2 aromatic rings. The predicted molar refractivity (Wildman–Crippen MR) is 71.2 cm³/mol. The van der Waals surface area contributed by atoms with Crippen molar-refractivity contribution in [3.8, 4) is 11.5 Å². The zero-order valence-corrected chi connectivity index (χ0v) is 12.0. The van der Waals surface area contributed by atoms with E-state index in [2.05, 4.69) is 15.2 Å². The molecule has 2 N–H and O–H groups in total. The van der Waals surface area contributed by atoms with E-state index in [9.17, 15) is 8.42 Å². The second kappa shape index (κ2) is 5.65. The summed E-state index contributed by atoms with van der Waals surface area (Å²) in [5.74, 6) is 0.351. The predicted octanol–water partition coefficient (Wildman–Crippen LogP) is -0.0577. The first-order chi connectivity index (χ1) is 9.45. The molecule has 0 atom stereocenters. The van der Waals surface area contributed by atoms with Crippen LogP contribution in [0.5, 0.6) is 0 Å². The van der Waals surface area contributed by atoms with Crippen LogP contribution in [0.2, 0.25) is 0 Å². The highest BCUT2D eigenvalue weighted by atomic mass is 32.2. The standard InChI is InChI=1S/C11H15N5O3S/c1-8-4-3-5-13-9(8)10-14-15-11(20(12,17)18)16(10)6-7-19-2/h3-5H,6-7H2,1-2H3,(H2,12,17,18). The normalized spacial score (nSPS) is 11.8. The summed E-state index contributed by atoms with van der Waals surface area (Å²) in [6.45, 7) is 2.42. The largest absolute Gasteiger partial charge is 0.383 e. The fraction of sp³-hybridized carbons (Fsp3) is 0.364. The number of aryl methyl sites for hydroxylation is 1. The minimum Gasteiger partial charge on any atom is -0.383 e. The average molecular weight is 297 g/mol. The van der Waals surface area contributed by atoms with Crippen molar-refractivity contribution in [1.82, 2.24) is 19.7 Å². The summed E-state index contributed by atoms with van der Waals surface area (Å²) in [6.07, 6.45) is 1.61. The summed E-state index contributed by atoms with van der Waals surface area (Å²) in [6, 6.07) is 3.64. The SMILES string of the molecule is COCCn1c(-c2ncccc2C)nnc1S(N)(=O)=O. The fourth-order valence-electron chi connectivity index (χ4n) is 1.78. The summed E-state index contributed by atoms with van der Waals surface area (Å²) in [4.78, 5) is 4.21. The topological polar surface area (TPSA) is 113 Å². The molecule has 8 nitrogen and oxygen atoms in total. The molecule has 2 aromatic heterocycles. The van der Waals surface area contributed by atoms with Gasteiger partial charge in [0.05, 0.1) is 13.2 Å². The van der Waals surface area contributed by atoms with E-state index in [1.54, 1.807) is 12.3 Å². The van der Waals surface area contributed by atoms with Crippen LogP contribution in [0.4, 0.5) is 0 Å². The molecule has 108 valence electrons. The van der Waals surface area contributed by atoms with Gasteiger partial charge in [0.15, 0.2) is 5.82 Å². The number of pyridine rings is 1. The summed E-state index contributed by atoms with van der Waals surface area (Å²) < 4.78 is 29.4. The third-order valence-electron chi connectivity index (χ3n) is 2.71. The van der Waals surface area contributed by atoms with Crippen molar-refractivity contribution in [3.63, 3.8) is 0 Å². The van der Waals surface area contributed by atoms with Gasteiger partial charge in [-0.15, -0.1) is 10.2 Å². The molecule has 0 radical (unpaired) electrons. The third kappa shape index (κ3) is 2.84. The lowest BCUT2D eigenvalue weighted by atomic mass is 10.2. The lowest BCUT2D eigenvalue weighted by Crippen LogP contribution is -2.20. The number of aromatic nitrogens is 4. The Morgan fingerprint density at radius 2 is 2.15 bits per heavy atom. The van der Waals surface area contributed by atoms with E-state index in [-0.39, 0.29) is 11.7 Å². The third-order valence-corrected chi connectivity index (χ3v) is 3.52. The molecule has 2 rings (SSSR count). The smallest absolute Gasteiger partial charge is 0.273 e. The van der Waals surface area contributed by atoms with E-state index in [4.69, 9.17) is 9.88 Å². The maximum absolute atomic E-state index is 11.5. The summed E-state index contributed by atoms with van der Waals surface area (Å²) in [5.41, 5.74) is 1.42. The number of sulfonamides is 1. The number of primary sulfonamides is 1. The van der Waals surface area contributed by atoms with Gasteiger partial charge in [0, 0.05) is 13.3 Å². The lowest BCUT2D eigenvalue weighted by Gasteiger charge is -2.09. The molecule has 0 aliphatic carbocycles. The maximum Gasteiger partial charge on any atom is 0.273 e. The van der Waals surface area contributed by atoms with E-state index in [0.29, 0.717) is 18.1 Å². The van der Waals surface area contributed by atoms with Crippen LogP contribution in [0.1, 0.15) is 5.56 Å². The van der Waals surface area contributed by atoms with Crippen molar-refractivity contribution in [2.75, 3.05) is 13.7 Å². The van der Waals surface area contributed by atoms with Gasteiger partial charge in [-0.05, 0) is 18.6 Å². The number of hydrogen-bond donors (Lipinski definition) is 1. The molecule has 0 aliphatic heterocycles. The monoisotopic (exact) mass is 297 g/mol. The summed E-state index contributed by atoms with van der Waals surface area (Å²) in [5, 5.41) is 12.4. The molecule has 0 saturated heterocycles. The van der Waals surface area contributed by atoms with Crippen LogP contribution >= 0.6 is 0 Å². The van der Waals surface area contributed by atoms with E-state index in [0.717, 1.165) is 5.56 Å². The van der Waals surface area contributed by atoms with Crippen molar-refractivity contribution in [3.05, 3.63) is 23.9 Å². The fourth-order valence-corrected chi connectivity index (χ4v) is 2.42. The Hall–Kier alpha value is -1.84. The molecule has 0 aliphatic rings. The molecule has 0 unspecified atom stereocenters. The first-order valence-corrected chi connectivity index (χ1v) is 7.36. The van der Waals surface area contributed by atoms with Crippen LogP contribution in [-0.4, -0.2) is 41.9 Å². The second-order valence-electron chi connectivity index (χ2n) is 4.16. The quantitative estimate of drug-likeness (QED) is 0.827. The van der Waals surface area contributed by atoms with Gasteiger partial charge in [-0.3, -0.25) is 9.55 Å². The van der Waals surface area contributed by atoms with Gasteiger partial charge < -0.3 is 4.74 Å². The lowest BCUT2D eigenvalue weighted by molar-refractivity contribution is 0.185. The van der Waals surface area contributed by atoms with Gasteiger partial charge in [0.1, 0.15) is 5.69 Å². The molecule has 2 heterocycles. The van der Waals surface area contributed by atoms with Crippen molar-refractivity contribution >= 4 is 10.0 Å².